The Morgan fingerprint density at radius 3 is 2.56 bits per heavy atom. The lowest BCUT2D eigenvalue weighted by Gasteiger charge is -2.24. The molecular weight excluding hydrogens is 207 g/mol. The summed E-state index contributed by atoms with van der Waals surface area (Å²) < 4.78 is 12.8. The average molecular weight is 222 g/mol. The molecule has 0 radical (unpaired) electrons. The van der Waals surface area contributed by atoms with E-state index in [1.807, 2.05) is 6.92 Å². The maximum atomic E-state index is 12.8. The summed E-state index contributed by atoms with van der Waals surface area (Å²) in [6.45, 7) is 2.61. The molecule has 2 N–H and O–H groups in total. The van der Waals surface area contributed by atoms with Crippen LogP contribution in [0, 0.1) is 5.82 Å². The first kappa shape index (κ1) is 11.1. The van der Waals surface area contributed by atoms with Crippen LogP contribution in [0.1, 0.15) is 24.9 Å². The summed E-state index contributed by atoms with van der Waals surface area (Å²) in [4.78, 5) is 13.5. The number of halogens is 1. The number of carbonyl (C=O) groups is 1. The molecule has 1 aliphatic heterocycles. The van der Waals surface area contributed by atoms with Gasteiger partial charge in [-0.25, -0.2) is 4.39 Å². The minimum atomic E-state index is -0.372. The van der Waals surface area contributed by atoms with Gasteiger partial charge in [-0.15, -0.1) is 0 Å². The normalized spacial score (nSPS) is 22.6. The Hall–Kier alpha value is -1.42. The molecule has 1 heterocycles. The summed E-state index contributed by atoms with van der Waals surface area (Å²) in [6, 6.07) is 5.82. The van der Waals surface area contributed by atoms with E-state index < -0.39 is 0 Å². The van der Waals surface area contributed by atoms with Gasteiger partial charge in [0.15, 0.2) is 0 Å². The molecule has 0 spiro atoms. The van der Waals surface area contributed by atoms with E-state index in [-0.39, 0.29) is 23.8 Å². The minimum Gasteiger partial charge on any atom is -0.335 e. The molecular formula is C12H15FN2O. The van der Waals surface area contributed by atoms with Gasteiger partial charge in [-0.1, -0.05) is 12.1 Å². The van der Waals surface area contributed by atoms with Crippen molar-refractivity contribution in [1.29, 1.82) is 0 Å². The fourth-order valence-corrected chi connectivity index (χ4v) is 2.03. The number of hydrogen-bond acceptors (Lipinski definition) is 2. The maximum Gasteiger partial charge on any atom is 0.240 e. The summed E-state index contributed by atoms with van der Waals surface area (Å²) in [6.07, 6.45) is 0.699. The number of nitrogens with two attached hydrogens (primary N) is 1. The van der Waals surface area contributed by atoms with E-state index in [1.54, 1.807) is 17.0 Å². The molecule has 1 saturated heterocycles. The molecule has 2 atom stereocenters. The number of nitrogens with zero attached hydrogens (tertiary/aromatic N) is 1. The zero-order chi connectivity index (χ0) is 11.7. The highest BCUT2D eigenvalue weighted by atomic mass is 19.1. The molecule has 0 aromatic heterocycles. The molecule has 1 aliphatic rings. The quantitative estimate of drug-likeness (QED) is 0.823. The van der Waals surface area contributed by atoms with Crippen molar-refractivity contribution in [3.05, 3.63) is 35.6 Å². The molecule has 2 rings (SSSR count). The van der Waals surface area contributed by atoms with Gasteiger partial charge in [-0.2, -0.15) is 0 Å². The van der Waals surface area contributed by atoms with Gasteiger partial charge in [0, 0.05) is 6.54 Å². The average Bonchev–Trinajstić information content (AvgIpc) is 2.60. The Labute approximate surface area is 94.0 Å². The van der Waals surface area contributed by atoms with E-state index in [1.165, 1.54) is 12.1 Å². The van der Waals surface area contributed by atoms with E-state index in [0.717, 1.165) is 5.56 Å². The van der Waals surface area contributed by atoms with Crippen LogP contribution in [0.3, 0.4) is 0 Å². The summed E-state index contributed by atoms with van der Waals surface area (Å²) in [5, 5.41) is 0. The number of likely N-dealkylation sites (tertiary alicyclic amines) is 1. The lowest BCUT2D eigenvalue weighted by molar-refractivity contribution is -0.130. The number of rotatable bonds is 2. The summed E-state index contributed by atoms with van der Waals surface area (Å²) in [5.74, 6) is -0.280. The fraction of sp³-hybridized carbons (Fsp3) is 0.417. The van der Waals surface area contributed by atoms with Gasteiger partial charge in [-0.3, -0.25) is 4.79 Å². The SMILES string of the molecule is C[C@@H](c1ccc(F)cc1)N1CC[C@H](N)C1=O. The van der Waals surface area contributed by atoms with Crippen LogP contribution in [0.15, 0.2) is 24.3 Å². The van der Waals surface area contributed by atoms with Crippen molar-refractivity contribution in [2.45, 2.75) is 25.4 Å². The van der Waals surface area contributed by atoms with Crippen LogP contribution in [0.2, 0.25) is 0 Å². The third-order valence-corrected chi connectivity index (χ3v) is 3.10. The summed E-state index contributed by atoms with van der Waals surface area (Å²) in [5.41, 5.74) is 6.59. The number of carbonyl (C=O) groups excluding carboxylic acids is 1. The molecule has 0 saturated carbocycles. The van der Waals surface area contributed by atoms with Crippen molar-refractivity contribution in [2.75, 3.05) is 6.54 Å². The predicted molar refractivity (Wildman–Crippen MR) is 59.1 cm³/mol. The van der Waals surface area contributed by atoms with Gasteiger partial charge in [0.25, 0.3) is 0 Å². The van der Waals surface area contributed by atoms with Crippen molar-refractivity contribution < 1.29 is 9.18 Å². The Morgan fingerprint density at radius 1 is 1.44 bits per heavy atom. The van der Waals surface area contributed by atoms with Crippen molar-refractivity contribution in [3.63, 3.8) is 0 Å². The van der Waals surface area contributed by atoms with E-state index >= 15 is 0 Å². The van der Waals surface area contributed by atoms with Crippen LogP contribution in [0.5, 0.6) is 0 Å². The molecule has 3 nitrogen and oxygen atoms in total. The molecule has 1 aromatic rings. The molecule has 0 bridgehead atoms. The number of benzene rings is 1. The number of hydrogen-bond donors (Lipinski definition) is 1. The lowest BCUT2D eigenvalue weighted by atomic mass is 10.1. The van der Waals surface area contributed by atoms with Gasteiger partial charge < -0.3 is 10.6 Å². The monoisotopic (exact) mass is 222 g/mol. The highest BCUT2D eigenvalue weighted by molar-refractivity contribution is 5.84. The van der Waals surface area contributed by atoms with Crippen LogP contribution in [-0.4, -0.2) is 23.4 Å². The maximum absolute atomic E-state index is 12.8. The Balaban J connectivity index is 2.16. The smallest absolute Gasteiger partial charge is 0.240 e. The van der Waals surface area contributed by atoms with Crippen LogP contribution in [-0.2, 0) is 4.79 Å². The van der Waals surface area contributed by atoms with Crippen molar-refractivity contribution in [3.8, 4) is 0 Å². The zero-order valence-electron chi connectivity index (χ0n) is 9.19. The second-order valence-corrected chi connectivity index (χ2v) is 4.15. The summed E-state index contributed by atoms with van der Waals surface area (Å²) in [7, 11) is 0. The second kappa shape index (κ2) is 4.22. The first-order valence-electron chi connectivity index (χ1n) is 5.41. The molecule has 1 amide bonds. The van der Waals surface area contributed by atoms with Gasteiger partial charge in [0.2, 0.25) is 5.91 Å². The van der Waals surface area contributed by atoms with Crippen LogP contribution < -0.4 is 5.73 Å². The largest absolute Gasteiger partial charge is 0.335 e. The molecule has 0 unspecified atom stereocenters. The van der Waals surface area contributed by atoms with Gasteiger partial charge in [0.1, 0.15) is 5.82 Å². The Bertz CT molecular complexity index is 391. The fourth-order valence-electron chi connectivity index (χ4n) is 2.03. The first-order chi connectivity index (χ1) is 7.59. The predicted octanol–water partition coefficient (Wildman–Crippen LogP) is 1.45. The molecule has 4 heteroatoms. The summed E-state index contributed by atoms with van der Waals surface area (Å²) >= 11 is 0. The molecule has 1 aromatic carbocycles. The van der Waals surface area contributed by atoms with Gasteiger partial charge in [-0.05, 0) is 31.0 Å². The van der Waals surface area contributed by atoms with Crippen LogP contribution >= 0.6 is 0 Å². The van der Waals surface area contributed by atoms with Crippen LogP contribution in [0.25, 0.3) is 0 Å². The minimum absolute atomic E-state index is 0.0168. The second-order valence-electron chi connectivity index (χ2n) is 4.15. The van der Waals surface area contributed by atoms with E-state index in [0.29, 0.717) is 13.0 Å². The highest BCUT2D eigenvalue weighted by Gasteiger charge is 2.32. The van der Waals surface area contributed by atoms with Crippen molar-refractivity contribution in [2.24, 2.45) is 5.73 Å². The number of amides is 1. The van der Waals surface area contributed by atoms with Crippen molar-refractivity contribution in [1.82, 2.24) is 4.90 Å². The molecule has 1 fully saturated rings. The van der Waals surface area contributed by atoms with Gasteiger partial charge >= 0.3 is 0 Å². The van der Waals surface area contributed by atoms with Gasteiger partial charge in [0.05, 0.1) is 12.1 Å². The third kappa shape index (κ3) is 1.93. The molecule has 0 aliphatic carbocycles. The molecule has 16 heavy (non-hydrogen) atoms. The topological polar surface area (TPSA) is 46.3 Å². The Morgan fingerprint density at radius 2 is 2.06 bits per heavy atom. The van der Waals surface area contributed by atoms with Crippen molar-refractivity contribution >= 4 is 5.91 Å². The van der Waals surface area contributed by atoms with Crippen LogP contribution in [0.4, 0.5) is 4.39 Å². The zero-order valence-corrected chi connectivity index (χ0v) is 9.19. The third-order valence-electron chi connectivity index (χ3n) is 3.10. The lowest BCUT2D eigenvalue weighted by Crippen LogP contribution is -2.35. The van der Waals surface area contributed by atoms with E-state index in [9.17, 15) is 9.18 Å². The Kier molecular flexibility index (Phi) is 2.92. The van der Waals surface area contributed by atoms with E-state index in [2.05, 4.69) is 0 Å². The highest BCUT2D eigenvalue weighted by Crippen LogP contribution is 2.25. The first-order valence-corrected chi connectivity index (χ1v) is 5.41. The standard InChI is InChI=1S/C12H15FN2O/c1-8(9-2-4-10(13)5-3-9)15-7-6-11(14)12(15)16/h2-5,8,11H,6-7,14H2,1H3/t8-,11-/m0/s1. The van der Waals surface area contributed by atoms with E-state index in [4.69, 9.17) is 5.73 Å². The molecule has 86 valence electrons.